The number of rotatable bonds is 2. The summed E-state index contributed by atoms with van der Waals surface area (Å²) < 4.78 is 0. The Morgan fingerprint density at radius 1 is 1.11 bits per heavy atom. The molecule has 0 aliphatic heterocycles. The van der Waals surface area contributed by atoms with E-state index in [0.717, 1.165) is 16.7 Å². The van der Waals surface area contributed by atoms with Crippen LogP contribution in [0.1, 0.15) is 10.5 Å². The molecule has 0 aliphatic rings. The Morgan fingerprint density at radius 2 is 1.94 bits per heavy atom. The van der Waals surface area contributed by atoms with Crippen LogP contribution in [0.4, 0.5) is 5.69 Å². The van der Waals surface area contributed by atoms with Gasteiger partial charge in [-0.3, -0.25) is 9.78 Å². The van der Waals surface area contributed by atoms with Crippen LogP contribution in [0.3, 0.4) is 0 Å². The van der Waals surface area contributed by atoms with Gasteiger partial charge in [-0.05, 0) is 30.3 Å². The number of hydrogen-bond acceptors (Lipinski definition) is 2. The van der Waals surface area contributed by atoms with Crippen LogP contribution in [0.15, 0.2) is 54.7 Å². The largest absolute Gasteiger partial charge is 0.349 e. The molecule has 1 amide bonds. The highest BCUT2D eigenvalue weighted by Crippen LogP contribution is 2.13. The van der Waals surface area contributed by atoms with Gasteiger partial charge in [0.25, 0.3) is 5.91 Å². The number of nitrogens with one attached hydrogen (secondary N) is 2. The number of carbonyl (C=O) groups excluding carboxylic acids is 1. The highest BCUT2D eigenvalue weighted by molar-refractivity contribution is 6.05. The van der Waals surface area contributed by atoms with Gasteiger partial charge in [-0.25, -0.2) is 0 Å². The van der Waals surface area contributed by atoms with Crippen LogP contribution in [0.25, 0.3) is 11.0 Å². The Bertz CT molecular complexity index is 655. The molecular weight excluding hydrogens is 226 g/mol. The van der Waals surface area contributed by atoms with Gasteiger partial charge in [-0.2, -0.15) is 0 Å². The molecular formula is C14H11N3O. The number of benzene rings is 1. The quantitative estimate of drug-likeness (QED) is 0.720. The first kappa shape index (κ1) is 10.5. The fourth-order valence-corrected chi connectivity index (χ4v) is 1.80. The van der Waals surface area contributed by atoms with Gasteiger partial charge >= 0.3 is 0 Å². The molecule has 88 valence electrons. The van der Waals surface area contributed by atoms with Crippen LogP contribution in [0.5, 0.6) is 0 Å². The number of anilines is 1. The summed E-state index contributed by atoms with van der Waals surface area (Å²) >= 11 is 0. The minimum absolute atomic E-state index is 0.167. The van der Waals surface area contributed by atoms with Crippen molar-refractivity contribution >= 4 is 22.6 Å². The summed E-state index contributed by atoms with van der Waals surface area (Å²) in [5.41, 5.74) is 2.92. The third-order valence-corrected chi connectivity index (χ3v) is 2.67. The number of fused-ring (bicyclic) bond motifs is 1. The summed E-state index contributed by atoms with van der Waals surface area (Å²) in [6, 6.07) is 14.8. The van der Waals surface area contributed by atoms with Crippen LogP contribution in [0.2, 0.25) is 0 Å². The second-order valence-corrected chi connectivity index (χ2v) is 3.94. The fourth-order valence-electron chi connectivity index (χ4n) is 1.80. The second kappa shape index (κ2) is 4.33. The normalized spacial score (nSPS) is 10.4. The maximum Gasteiger partial charge on any atom is 0.272 e. The number of H-pyrrole nitrogens is 1. The molecule has 0 unspecified atom stereocenters. The Hall–Kier alpha value is -2.62. The van der Waals surface area contributed by atoms with Crippen LogP contribution in [0, 0.1) is 0 Å². The number of carbonyl (C=O) groups is 1. The maximum atomic E-state index is 12.0. The third kappa shape index (κ3) is 1.96. The Labute approximate surface area is 104 Å². The van der Waals surface area contributed by atoms with E-state index in [-0.39, 0.29) is 5.91 Å². The number of aromatic amines is 1. The Balaban J connectivity index is 1.88. The summed E-state index contributed by atoms with van der Waals surface area (Å²) in [5.74, 6) is -0.167. The van der Waals surface area contributed by atoms with Crippen molar-refractivity contribution in [3.05, 3.63) is 60.4 Å². The number of amides is 1. The maximum absolute atomic E-state index is 12.0. The number of aromatic nitrogens is 2. The first-order chi connectivity index (χ1) is 8.83. The van der Waals surface area contributed by atoms with Crippen molar-refractivity contribution in [2.24, 2.45) is 0 Å². The van der Waals surface area contributed by atoms with Gasteiger partial charge in [0.05, 0.1) is 11.0 Å². The van der Waals surface area contributed by atoms with E-state index < -0.39 is 0 Å². The van der Waals surface area contributed by atoms with Gasteiger partial charge in [0.1, 0.15) is 5.69 Å². The Kier molecular flexibility index (Phi) is 2.53. The zero-order valence-electron chi connectivity index (χ0n) is 9.55. The zero-order chi connectivity index (χ0) is 12.4. The molecule has 0 fully saturated rings. The van der Waals surface area contributed by atoms with Crippen LogP contribution in [-0.2, 0) is 0 Å². The SMILES string of the molecule is O=C(Nc1ccccc1)c1cc2ncccc2[nH]1. The van der Waals surface area contributed by atoms with Gasteiger partial charge in [0.15, 0.2) is 0 Å². The summed E-state index contributed by atoms with van der Waals surface area (Å²) in [4.78, 5) is 19.2. The molecule has 4 heteroatoms. The van der Waals surface area contributed by atoms with Gasteiger partial charge in [0, 0.05) is 11.9 Å². The van der Waals surface area contributed by atoms with Crippen molar-refractivity contribution in [3.63, 3.8) is 0 Å². The van der Waals surface area contributed by atoms with Crippen LogP contribution in [-0.4, -0.2) is 15.9 Å². The highest BCUT2D eigenvalue weighted by Gasteiger charge is 2.09. The third-order valence-electron chi connectivity index (χ3n) is 2.67. The first-order valence-electron chi connectivity index (χ1n) is 5.63. The molecule has 3 aromatic rings. The molecule has 0 saturated heterocycles. The lowest BCUT2D eigenvalue weighted by Gasteiger charge is -2.02. The molecule has 2 N–H and O–H groups in total. The summed E-state index contributed by atoms with van der Waals surface area (Å²) in [6.45, 7) is 0. The van der Waals surface area contributed by atoms with Gasteiger partial charge in [-0.15, -0.1) is 0 Å². The number of nitrogens with zero attached hydrogens (tertiary/aromatic N) is 1. The van der Waals surface area contributed by atoms with Crippen molar-refractivity contribution in [1.29, 1.82) is 0 Å². The molecule has 0 radical (unpaired) electrons. The Morgan fingerprint density at radius 3 is 2.72 bits per heavy atom. The minimum Gasteiger partial charge on any atom is -0.349 e. The lowest BCUT2D eigenvalue weighted by atomic mass is 10.3. The molecule has 1 aromatic carbocycles. The minimum atomic E-state index is -0.167. The van der Waals surface area contributed by atoms with E-state index in [2.05, 4.69) is 15.3 Å². The molecule has 18 heavy (non-hydrogen) atoms. The predicted molar refractivity (Wildman–Crippen MR) is 70.5 cm³/mol. The highest BCUT2D eigenvalue weighted by atomic mass is 16.1. The molecule has 0 bridgehead atoms. The van der Waals surface area contributed by atoms with E-state index in [1.165, 1.54) is 0 Å². The number of para-hydroxylation sites is 1. The fraction of sp³-hybridized carbons (Fsp3) is 0. The van der Waals surface area contributed by atoms with Crippen molar-refractivity contribution in [2.45, 2.75) is 0 Å². The molecule has 2 aromatic heterocycles. The topological polar surface area (TPSA) is 57.8 Å². The average Bonchev–Trinajstić information content (AvgIpc) is 2.84. The first-order valence-corrected chi connectivity index (χ1v) is 5.63. The smallest absolute Gasteiger partial charge is 0.272 e. The lowest BCUT2D eigenvalue weighted by molar-refractivity contribution is 0.102. The van der Waals surface area contributed by atoms with Crippen molar-refractivity contribution in [3.8, 4) is 0 Å². The second-order valence-electron chi connectivity index (χ2n) is 3.94. The van der Waals surface area contributed by atoms with E-state index >= 15 is 0 Å². The molecule has 0 aliphatic carbocycles. The van der Waals surface area contributed by atoms with Crippen LogP contribution < -0.4 is 5.32 Å². The van der Waals surface area contributed by atoms with Gasteiger partial charge < -0.3 is 10.3 Å². The summed E-state index contributed by atoms with van der Waals surface area (Å²) in [7, 11) is 0. The standard InChI is InChI=1S/C14H11N3O/c18-14(16-10-5-2-1-3-6-10)13-9-12-11(17-13)7-4-8-15-12/h1-9,17H,(H,16,18). The molecule has 2 heterocycles. The van der Waals surface area contributed by atoms with E-state index in [1.807, 2.05) is 42.5 Å². The van der Waals surface area contributed by atoms with Gasteiger partial charge in [-0.1, -0.05) is 18.2 Å². The molecule has 0 saturated carbocycles. The van der Waals surface area contributed by atoms with Crippen molar-refractivity contribution < 1.29 is 4.79 Å². The molecule has 0 atom stereocenters. The van der Waals surface area contributed by atoms with E-state index in [4.69, 9.17) is 0 Å². The molecule has 4 nitrogen and oxygen atoms in total. The zero-order valence-corrected chi connectivity index (χ0v) is 9.55. The molecule has 3 rings (SSSR count). The van der Waals surface area contributed by atoms with Crippen molar-refractivity contribution in [1.82, 2.24) is 9.97 Å². The van der Waals surface area contributed by atoms with Crippen LogP contribution >= 0.6 is 0 Å². The summed E-state index contributed by atoms with van der Waals surface area (Å²) in [6.07, 6.45) is 1.70. The van der Waals surface area contributed by atoms with Crippen molar-refractivity contribution in [2.75, 3.05) is 5.32 Å². The number of hydrogen-bond donors (Lipinski definition) is 2. The number of pyridine rings is 1. The average molecular weight is 237 g/mol. The van der Waals surface area contributed by atoms with Gasteiger partial charge in [0.2, 0.25) is 0 Å². The molecule has 0 spiro atoms. The summed E-state index contributed by atoms with van der Waals surface area (Å²) in [5, 5.41) is 2.82. The lowest BCUT2D eigenvalue weighted by Crippen LogP contribution is -2.11. The predicted octanol–water partition coefficient (Wildman–Crippen LogP) is 2.82. The monoisotopic (exact) mass is 237 g/mol. The van der Waals surface area contributed by atoms with E-state index in [0.29, 0.717) is 5.69 Å². The van der Waals surface area contributed by atoms with E-state index in [9.17, 15) is 4.79 Å². The van der Waals surface area contributed by atoms with E-state index in [1.54, 1.807) is 12.3 Å².